The van der Waals surface area contributed by atoms with E-state index in [1.165, 1.54) is 43.8 Å². The van der Waals surface area contributed by atoms with Gasteiger partial charge in [-0.05, 0) is 97.7 Å². The second kappa shape index (κ2) is 15.2. The monoisotopic (exact) mass is 866 g/mol. The molecule has 0 bridgehead atoms. The van der Waals surface area contributed by atoms with Crippen LogP contribution >= 0.6 is 0 Å². The van der Waals surface area contributed by atoms with Crippen LogP contribution in [0.1, 0.15) is 0 Å². The molecular formula is C63H38N4O. The molecule has 316 valence electrons. The predicted octanol–water partition coefficient (Wildman–Crippen LogP) is 16.7. The van der Waals surface area contributed by atoms with Gasteiger partial charge in [-0.25, -0.2) is 15.0 Å². The van der Waals surface area contributed by atoms with Gasteiger partial charge in [0.15, 0.2) is 17.5 Å². The lowest BCUT2D eigenvalue weighted by atomic mass is 9.91. The van der Waals surface area contributed by atoms with Crippen molar-refractivity contribution >= 4 is 76.1 Å². The molecule has 5 nitrogen and oxygen atoms in total. The van der Waals surface area contributed by atoms with E-state index in [1.54, 1.807) is 0 Å². The largest absolute Gasteiger partial charge is 0.455 e. The van der Waals surface area contributed by atoms with Gasteiger partial charge in [0.25, 0.3) is 0 Å². The average molecular weight is 867 g/mol. The van der Waals surface area contributed by atoms with Crippen LogP contribution in [-0.4, -0.2) is 19.5 Å². The third-order valence-electron chi connectivity index (χ3n) is 13.6. The molecule has 0 N–H and O–H groups in total. The van der Waals surface area contributed by atoms with E-state index in [0.29, 0.717) is 17.5 Å². The van der Waals surface area contributed by atoms with Gasteiger partial charge >= 0.3 is 0 Å². The number of benzene rings is 11. The lowest BCUT2D eigenvalue weighted by Gasteiger charge is -2.18. The summed E-state index contributed by atoms with van der Waals surface area (Å²) in [5, 5.41) is 11.3. The maximum Gasteiger partial charge on any atom is 0.167 e. The normalized spacial score (nSPS) is 11.8. The Hall–Kier alpha value is -9.19. The summed E-state index contributed by atoms with van der Waals surface area (Å²) in [4.78, 5) is 16.2. The summed E-state index contributed by atoms with van der Waals surface area (Å²) in [6.45, 7) is 0. The minimum atomic E-state index is 0.543. The number of nitrogens with zero attached hydrogens (tertiary/aromatic N) is 4. The van der Waals surface area contributed by atoms with Crippen molar-refractivity contribution in [2.24, 2.45) is 0 Å². The third-order valence-corrected chi connectivity index (χ3v) is 13.6. The van der Waals surface area contributed by atoms with Gasteiger partial charge in [-0.3, -0.25) is 0 Å². The zero-order valence-electron chi connectivity index (χ0n) is 36.6. The Labute approximate surface area is 390 Å². The fourth-order valence-electron chi connectivity index (χ4n) is 10.5. The quantitative estimate of drug-likeness (QED) is 0.156. The number of para-hydroxylation sites is 2. The minimum absolute atomic E-state index is 0.543. The van der Waals surface area contributed by atoms with Gasteiger partial charge in [0.2, 0.25) is 0 Å². The molecule has 0 saturated heterocycles. The third kappa shape index (κ3) is 5.99. The van der Waals surface area contributed by atoms with Crippen LogP contribution in [0.2, 0.25) is 0 Å². The maximum atomic E-state index is 6.62. The SMILES string of the molecule is c1ccc(-c2ccc3c(c2)c2cc(-c4ccccc4)ccc2n3-c2cc(-c3nc(-c4ccccc4)nc(-c4cccc5c4oc4ccccc45)n3)c3c4ccccc4c4ccccc4c3c2)cc1. The molecule has 3 aromatic heterocycles. The summed E-state index contributed by atoms with van der Waals surface area (Å²) in [5.74, 6) is 1.70. The Morgan fingerprint density at radius 3 is 1.41 bits per heavy atom. The van der Waals surface area contributed by atoms with Gasteiger partial charge in [-0.1, -0.05) is 182 Å². The summed E-state index contributed by atoms with van der Waals surface area (Å²) < 4.78 is 9.05. The van der Waals surface area contributed by atoms with E-state index in [0.717, 1.165) is 76.9 Å². The van der Waals surface area contributed by atoms with Gasteiger partial charge in [-0.15, -0.1) is 0 Å². The summed E-state index contributed by atoms with van der Waals surface area (Å²) in [5.41, 5.74) is 12.1. The molecule has 68 heavy (non-hydrogen) atoms. The first-order valence-electron chi connectivity index (χ1n) is 23.0. The average Bonchev–Trinajstić information content (AvgIpc) is 3.96. The first kappa shape index (κ1) is 38.1. The van der Waals surface area contributed by atoms with Crippen LogP contribution in [0.15, 0.2) is 235 Å². The number of fused-ring (bicyclic) bond motifs is 12. The summed E-state index contributed by atoms with van der Waals surface area (Å²) >= 11 is 0. The molecule has 11 aromatic carbocycles. The Kier molecular flexibility index (Phi) is 8.52. The van der Waals surface area contributed by atoms with Gasteiger partial charge in [0.1, 0.15) is 11.2 Å². The lowest BCUT2D eigenvalue weighted by Crippen LogP contribution is -2.02. The lowest BCUT2D eigenvalue weighted by molar-refractivity contribution is 0.669. The van der Waals surface area contributed by atoms with Gasteiger partial charge in [0.05, 0.1) is 16.6 Å². The molecule has 0 saturated carbocycles. The van der Waals surface area contributed by atoms with E-state index in [2.05, 4.69) is 199 Å². The topological polar surface area (TPSA) is 56.7 Å². The number of furan rings is 1. The zero-order valence-corrected chi connectivity index (χ0v) is 36.6. The van der Waals surface area contributed by atoms with Crippen molar-refractivity contribution in [1.29, 1.82) is 0 Å². The van der Waals surface area contributed by atoms with Crippen molar-refractivity contribution < 1.29 is 4.42 Å². The van der Waals surface area contributed by atoms with E-state index < -0.39 is 0 Å². The van der Waals surface area contributed by atoms with Crippen LogP contribution < -0.4 is 0 Å². The van der Waals surface area contributed by atoms with E-state index in [-0.39, 0.29) is 0 Å². The molecule has 0 aliphatic carbocycles. The molecule has 0 amide bonds. The molecule has 0 fully saturated rings. The predicted molar refractivity (Wildman–Crippen MR) is 281 cm³/mol. The summed E-state index contributed by atoms with van der Waals surface area (Å²) in [7, 11) is 0. The minimum Gasteiger partial charge on any atom is -0.455 e. The summed E-state index contributed by atoms with van der Waals surface area (Å²) in [6.07, 6.45) is 0. The second-order valence-corrected chi connectivity index (χ2v) is 17.5. The fraction of sp³-hybridized carbons (Fsp3) is 0. The number of hydrogen-bond acceptors (Lipinski definition) is 4. The van der Waals surface area contributed by atoms with Crippen LogP contribution in [0.25, 0.3) is 138 Å². The van der Waals surface area contributed by atoms with Crippen molar-refractivity contribution in [3.05, 3.63) is 231 Å². The molecule has 5 heteroatoms. The highest BCUT2D eigenvalue weighted by atomic mass is 16.3. The van der Waals surface area contributed by atoms with E-state index in [9.17, 15) is 0 Å². The van der Waals surface area contributed by atoms with E-state index in [4.69, 9.17) is 19.4 Å². The van der Waals surface area contributed by atoms with Gasteiger partial charge in [-0.2, -0.15) is 0 Å². The van der Waals surface area contributed by atoms with Crippen molar-refractivity contribution in [3.8, 4) is 62.1 Å². The van der Waals surface area contributed by atoms with Crippen LogP contribution in [-0.2, 0) is 0 Å². The zero-order chi connectivity index (χ0) is 44.7. The molecular weight excluding hydrogens is 829 g/mol. The number of hydrogen-bond donors (Lipinski definition) is 0. The molecule has 0 spiro atoms. The first-order valence-corrected chi connectivity index (χ1v) is 23.0. The second-order valence-electron chi connectivity index (χ2n) is 17.5. The highest BCUT2D eigenvalue weighted by Gasteiger charge is 2.23. The van der Waals surface area contributed by atoms with Crippen molar-refractivity contribution in [1.82, 2.24) is 19.5 Å². The van der Waals surface area contributed by atoms with Crippen molar-refractivity contribution in [2.75, 3.05) is 0 Å². The highest BCUT2D eigenvalue weighted by Crippen LogP contribution is 2.45. The highest BCUT2D eigenvalue weighted by molar-refractivity contribution is 6.29. The molecule has 0 aliphatic heterocycles. The number of rotatable bonds is 6. The first-order chi connectivity index (χ1) is 33.7. The molecule has 0 unspecified atom stereocenters. The van der Waals surface area contributed by atoms with E-state index >= 15 is 0 Å². The van der Waals surface area contributed by atoms with Crippen LogP contribution in [0.5, 0.6) is 0 Å². The van der Waals surface area contributed by atoms with Gasteiger partial charge in [0, 0.05) is 43.7 Å². The van der Waals surface area contributed by atoms with Crippen molar-refractivity contribution in [3.63, 3.8) is 0 Å². The molecule has 0 radical (unpaired) electrons. The Morgan fingerprint density at radius 2 is 0.779 bits per heavy atom. The Bertz CT molecular complexity index is 4210. The Morgan fingerprint density at radius 1 is 0.294 bits per heavy atom. The molecule has 0 aliphatic rings. The molecule has 3 heterocycles. The fourth-order valence-corrected chi connectivity index (χ4v) is 10.5. The molecule has 0 atom stereocenters. The van der Waals surface area contributed by atoms with Crippen LogP contribution in [0.3, 0.4) is 0 Å². The summed E-state index contributed by atoms with van der Waals surface area (Å²) in [6, 6.07) is 81.8. The molecule has 14 aromatic rings. The standard InChI is InChI=1S/C63H38N4O/c1-4-17-39(18-5-1)42-31-33-56-52(35-42)53-36-43(40-19-6-2-7-20-40)32-34-57(53)67(56)44-37-54-47-25-11-10-23-45(47)46-24-12-13-27-49(46)59(54)55(38-44)63-65-61(41-21-8-3-9-22-41)64-62(66-63)51-29-16-28-50-48-26-14-15-30-58(48)68-60(50)51/h1-38H. The smallest absolute Gasteiger partial charge is 0.167 e. The van der Waals surface area contributed by atoms with Crippen LogP contribution in [0, 0.1) is 0 Å². The van der Waals surface area contributed by atoms with Crippen molar-refractivity contribution in [2.45, 2.75) is 0 Å². The van der Waals surface area contributed by atoms with Crippen LogP contribution in [0.4, 0.5) is 0 Å². The van der Waals surface area contributed by atoms with Gasteiger partial charge < -0.3 is 8.98 Å². The maximum absolute atomic E-state index is 6.62. The Balaban J connectivity index is 1.11. The molecule has 14 rings (SSSR count). The number of aromatic nitrogens is 4. The van der Waals surface area contributed by atoms with E-state index in [1.807, 2.05) is 36.4 Å².